The van der Waals surface area contributed by atoms with E-state index in [2.05, 4.69) is 17.2 Å². The molecule has 182 valence electrons. The number of rotatable bonds is 8. The number of aliphatic imine (C=N–C) groups is 1. The number of benzene rings is 3. The number of imidazole rings is 1. The van der Waals surface area contributed by atoms with Gasteiger partial charge < -0.3 is 14.6 Å². The highest BCUT2D eigenvalue weighted by Crippen LogP contribution is 2.31. The fourth-order valence-corrected chi connectivity index (χ4v) is 4.17. The zero-order valence-electron chi connectivity index (χ0n) is 20.7. The van der Waals surface area contributed by atoms with Gasteiger partial charge in [-0.25, -0.2) is 15.0 Å². The maximum atomic E-state index is 8.88. The van der Waals surface area contributed by atoms with Crippen molar-refractivity contribution in [1.82, 2.24) is 14.5 Å². The maximum absolute atomic E-state index is 8.88. The van der Waals surface area contributed by atoms with Gasteiger partial charge in [0.05, 0.1) is 17.6 Å². The van der Waals surface area contributed by atoms with Gasteiger partial charge in [-0.15, -0.1) is 0 Å². The number of aryl methyl sites for hydroxylation is 2. The molecule has 2 aromatic heterocycles. The van der Waals surface area contributed by atoms with Crippen LogP contribution in [0.2, 0.25) is 0 Å². The maximum Gasteiger partial charge on any atom is 0.183 e. The molecule has 37 heavy (non-hydrogen) atoms. The lowest BCUT2D eigenvalue weighted by Gasteiger charge is -2.14. The number of pyridine rings is 1. The monoisotopic (exact) mass is 486 g/mol. The molecule has 0 aliphatic carbocycles. The average molecular weight is 487 g/mol. The number of aromatic nitrogens is 3. The standard InChI is InChI=1S/C30H26N6O/c1-3-21-14-15-24(37-17-16-31)18-25(21)33-27-19-26-29(32-20-36(26)2)30(34-27)35-28(22-10-6-4-7-11-22)23-12-8-5-9-13-23/h4-15,18-20H,3,17H2,1-2H3,(H,33,34). The molecular formula is C30H26N6O. The van der Waals surface area contributed by atoms with Gasteiger partial charge >= 0.3 is 0 Å². The van der Waals surface area contributed by atoms with E-state index in [1.807, 2.05) is 103 Å². The van der Waals surface area contributed by atoms with Crippen LogP contribution < -0.4 is 10.1 Å². The van der Waals surface area contributed by atoms with Crippen LogP contribution in [0.1, 0.15) is 23.6 Å². The third-order valence-corrected chi connectivity index (χ3v) is 6.03. The first-order valence-corrected chi connectivity index (χ1v) is 12.1. The van der Waals surface area contributed by atoms with Gasteiger partial charge in [-0.3, -0.25) is 0 Å². The first-order valence-electron chi connectivity index (χ1n) is 12.1. The molecule has 2 heterocycles. The average Bonchev–Trinajstić information content (AvgIpc) is 3.32. The molecule has 0 amide bonds. The number of hydrogen-bond acceptors (Lipinski definition) is 6. The van der Waals surface area contributed by atoms with Gasteiger partial charge in [0, 0.05) is 36.0 Å². The van der Waals surface area contributed by atoms with Crippen LogP contribution in [0.3, 0.4) is 0 Å². The van der Waals surface area contributed by atoms with E-state index in [0.29, 0.717) is 17.4 Å². The van der Waals surface area contributed by atoms with Gasteiger partial charge in [0.25, 0.3) is 0 Å². The highest BCUT2D eigenvalue weighted by atomic mass is 16.5. The summed E-state index contributed by atoms with van der Waals surface area (Å²) in [5.41, 5.74) is 6.41. The number of hydrogen-bond donors (Lipinski definition) is 1. The Labute approximate surface area is 215 Å². The molecular weight excluding hydrogens is 460 g/mol. The lowest BCUT2D eigenvalue weighted by atomic mass is 10.0. The Morgan fingerprint density at radius 2 is 1.70 bits per heavy atom. The Morgan fingerprint density at radius 3 is 2.35 bits per heavy atom. The van der Waals surface area contributed by atoms with Crippen LogP contribution in [0.15, 0.2) is 96.2 Å². The molecule has 5 rings (SSSR count). The van der Waals surface area contributed by atoms with E-state index >= 15 is 0 Å². The quantitative estimate of drug-likeness (QED) is 0.258. The number of nitriles is 1. The fourth-order valence-electron chi connectivity index (χ4n) is 4.17. The first kappa shape index (κ1) is 23.8. The lowest BCUT2D eigenvalue weighted by molar-refractivity contribution is 0.368. The van der Waals surface area contributed by atoms with E-state index in [9.17, 15) is 0 Å². The first-order chi connectivity index (χ1) is 18.2. The zero-order chi connectivity index (χ0) is 25.6. The van der Waals surface area contributed by atoms with Crippen LogP contribution in [0.4, 0.5) is 17.3 Å². The molecule has 0 saturated carbocycles. The Balaban J connectivity index is 1.64. The van der Waals surface area contributed by atoms with Gasteiger partial charge in [0.1, 0.15) is 23.2 Å². The lowest BCUT2D eigenvalue weighted by Crippen LogP contribution is -2.04. The minimum Gasteiger partial charge on any atom is -0.479 e. The summed E-state index contributed by atoms with van der Waals surface area (Å²) in [4.78, 5) is 14.6. The van der Waals surface area contributed by atoms with Crippen molar-refractivity contribution in [3.63, 3.8) is 0 Å². The molecule has 0 saturated heterocycles. The van der Waals surface area contributed by atoms with Crippen LogP contribution in [-0.2, 0) is 13.5 Å². The Kier molecular flexibility index (Phi) is 6.91. The predicted molar refractivity (Wildman–Crippen MR) is 147 cm³/mol. The van der Waals surface area contributed by atoms with Gasteiger partial charge in [0.2, 0.25) is 0 Å². The minimum absolute atomic E-state index is 0.00917. The summed E-state index contributed by atoms with van der Waals surface area (Å²) in [5, 5.41) is 12.3. The van der Waals surface area contributed by atoms with E-state index < -0.39 is 0 Å². The molecule has 0 aliphatic heterocycles. The van der Waals surface area contributed by atoms with E-state index in [0.717, 1.165) is 45.5 Å². The van der Waals surface area contributed by atoms with Crippen molar-refractivity contribution in [3.8, 4) is 11.8 Å². The number of nitrogens with zero attached hydrogens (tertiary/aromatic N) is 5. The van der Waals surface area contributed by atoms with Gasteiger partial charge in [-0.1, -0.05) is 73.7 Å². The van der Waals surface area contributed by atoms with Gasteiger partial charge in [-0.05, 0) is 18.1 Å². The summed E-state index contributed by atoms with van der Waals surface area (Å²) in [6.07, 6.45) is 2.60. The van der Waals surface area contributed by atoms with Crippen LogP contribution in [-0.4, -0.2) is 26.9 Å². The summed E-state index contributed by atoms with van der Waals surface area (Å²) in [5.74, 6) is 1.79. The zero-order valence-corrected chi connectivity index (χ0v) is 20.7. The smallest absolute Gasteiger partial charge is 0.183 e. The van der Waals surface area contributed by atoms with Crippen LogP contribution in [0, 0.1) is 11.3 Å². The second-order valence-electron chi connectivity index (χ2n) is 8.49. The number of ether oxygens (including phenoxy) is 1. The highest BCUT2D eigenvalue weighted by Gasteiger charge is 2.15. The van der Waals surface area contributed by atoms with E-state index in [1.165, 1.54) is 0 Å². The van der Waals surface area contributed by atoms with Crippen molar-refractivity contribution in [3.05, 3.63) is 108 Å². The third kappa shape index (κ3) is 5.19. The Hall–Kier alpha value is -4.96. The van der Waals surface area contributed by atoms with Crippen molar-refractivity contribution < 1.29 is 4.74 Å². The molecule has 0 fully saturated rings. The number of nitrogens with one attached hydrogen (secondary N) is 1. The van der Waals surface area contributed by atoms with Crippen molar-refractivity contribution in [2.24, 2.45) is 12.0 Å². The second kappa shape index (κ2) is 10.8. The summed E-state index contributed by atoms with van der Waals surface area (Å²) in [7, 11) is 1.95. The molecule has 0 aliphatic rings. The molecule has 0 bridgehead atoms. The third-order valence-electron chi connectivity index (χ3n) is 6.03. The Bertz CT molecular complexity index is 1560. The van der Waals surface area contributed by atoms with Crippen molar-refractivity contribution in [1.29, 1.82) is 5.26 Å². The van der Waals surface area contributed by atoms with Gasteiger partial charge in [-0.2, -0.15) is 5.26 Å². The summed E-state index contributed by atoms with van der Waals surface area (Å²) < 4.78 is 7.48. The largest absolute Gasteiger partial charge is 0.479 e. The van der Waals surface area contributed by atoms with E-state index in [4.69, 9.17) is 20.0 Å². The van der Waals surface area contributed by atoms with Crippen LogP contribution >= 0.6 is 0 Å². The molecule has 0 radical (unpaired) electrons. The summed E-state index contributed by atoms with van der Waals surface area (Å²) >= 11 is 0. The normalized spacial score (nSPS) is 10.6. The van der Waals surface area contributed by atoms with E-state index in [-0.39, 0.29) is 6.61 Å². The molecule has 0 spiro atoms. The molecule has 7 heteroatoms. The van der Waals surface area contributed by atoms with Crippen molar-refractivity contribution in [2.75, 3.05) is 11.9 Å². The van der Waals surface area contributed by atoms with Crippen LogP contribution in [0.5, 0.6) is 5.75 Å². The second-order valence-corrected chi connectivity index (χ2v) is 8.49. The SMILES string of the molecule is CCc1ccc(OCC#N)cc1Nc1cc2c(ncn2C)c(N=C(c2ccccc2)c2ccccc2)n1. The Morgan fingerprint density at radius 1 is 1.00 bits per heavy atom. The minimum atomic E-state index is -0.00917. The fraction of sp³-hybridized carbons (Fsp3) is 0.133. The molecule has 5 aromatic rings. The molecule has 0 atom stereocenters. The molecule has 0 unspecified atom stereocenters. The van der Waals surface area contributed by atoms with Gasteiger partial charge in [0.15, 0.2) is 12.4 Å². The van der Waals surface area contributed by atoms with Crippen molar-refractivity contribution >= 4 is 34.1 Å². The summed E-state index contributed by atoms with van der Waals surface area (Å²) in [6.45, 7) is 2.08. The van der Waals surface area contributed by atoms with Crippen molar-refractivity contribution in [2.45, 2.75) is 13.3 Å². The predicted octanol–water partition coefficient (Wildman–Crippen LogP) is 6.35. The number of fused-ring (bicyclic) bond motifs is 1. The molecule has 1 N–H and O–H groups in total. The molecule has 3 aromatic carbocycles. The molecule has 7 nitrogen and oxygen atoms in total. The van der Waals surface area contributed by atoms with Crippen LogP contribution in [0.25, 0.3) is 11.0 Å². The topological polar surface area (TPSA) is 88.1 Å². The summed E-state index contributed by atoms with van der Waals surface area (Å²) in [6, 6.07) is 29.9. The van der Waals surface area contributed by atoms with E-state index in [1.54, 1.807) is 6.33 Å². The number of anilines is 2. The highest BCUT2D eigenvalue weighted by molar-refractivity contribution is 6.14.